The topological polar surface area (TPSA) is 12.0 Å². The van der Waals surface area contributed by atoms with Crippen LogP contribution in [-0.2, 0) is 6.42 Å². The van der Waals surface area contributed by atoms with Crippen LogP contribution in [0.25, 0.3) is 0 Å². The van der Waals surface area contributed by atoms with E-state index in [2.05, 4.69) is 27.3 Å². The molecule has 0 aliphatic carbocycles. The smallest absolute Gasteiger partial charge is 0.123 e. The third-order valence-corrected chi connectivity index (χ3v) is 4.09. The van der Waals surface area contributed by atoms with Crippen molar-refractivity contribution in [2.75, 3.05) is 7.05 Å². The summed E-state index contributed by atoms with van der Waals surface area (Å²) in [6, 6.07) is 13.2. The number of likely N-dealkylation sites (N-methyl/N-ethyl adjacent to an activating group) is 1. The SMILES string of the molecule is CNC(Cc1cc(F)ccc1C)c1ccccc1Br. The van der Waals surface area contributed by atoms with Crippen molar-refractivity contribution in [2.24, 2.45) is 0 Å². The fourth-order valence-corrected chi connectivity index (χ4v) is 2.77. The molecule has 2 aromatic carbocycles. The molecule has 3 heteroatoms. The summed E-state index contributed by atoms with van der Waals surface area (Å²) < 4.78 is 14.4. The quantitative estimate of drug-likeness (QED) is 0.880. The van der Waals surface area contributed by atoms with Gasteiger partial charge in [-0.15, -0.1) is 0 Å². The molecule has 0 bridgehead atoms. The normalized spacial score (nSPS) is 12.4. The van der Waals surface area contributed by atoms with Crippen molar-refractivity contribution in [3.8, 4) is 0 Å². The molecule has 2 aromatic rings. The van der Waals surface area contributed by atoms with E-state index in [0.717, 1.165) is 22.0 Å². The predicted molar refractivity (Wildman–Crippen MR) is 80.8 cm³/mol. The molecule has 2 rings (SSSR count). The number of halogens is 2. The Morgan fingerprint density at radius 2 is 1.95 bits per heavy atom. The van der Waals surface area contributed by atoms with Gasteiger partial charge in [-0.3, -0.25) is 0 Å². The van der Waals surface area contributed by atoms with Gasteiger partial charge in [-0.2, -0.15) is 0 Å². The molecule has 0 radical (unpaired) electrons. The van der Waals surface area contributed by atoms with Crippen molar-refractivity contribution >= 4 is 15.9 Å². The predicted octanol–water partition coefficient (Wildman–Crippen LogP) is 4.40. The van der Waals surface area contributed by atoms with Crippen LogP contribution in [0.2, 0.25) is 0 Å². The van der Waals surface area contributed by atoms with Crippen LogP contribution in [0.15, 0.2) is 46.9 Å². The molecule has 0 amide bonds. The molecule has 0 saturated carbocycles. The molecule has 0 aliphatic heterocycles. The Hall–Kier alpha value is -1.19. The maximum absolute atomic E-state index is 13.4. The highest BCUT2D eigenvalue weighted by Crippen LogP contribution is 2.26. The van der Waals surface area contributed by atoms with Crippen LogP contribution in [-0.4, -0.2) is 7.05 Å². The van der Waals surface area contributed by atoms with E-state index in [9.17, 15) is 4.39 Å². The zero-order valence-corrected chi connectivity index (χ0v) is 12.7. The van der Waals surface area contributed by atoms with E-state index in [4.69, 9.17) is 0 Å². The third kappa shape index (κ3) is 3.43. The number of hydrogen-bond acceptors (Lipinski definition) is 1. The van der Waals surface area contributed by atoms with Gasteiger partial charge < -0.3 is 5.32 Å². The van der Waals surface area contributed by atoms with Gasteiger partial charge >= 0.3 is 0 Å². The fraction of sp³-hybridized carbons (Fsp3) is 0.250. The molecule has 1 N–H and O–H groups in total. The minimum absolute atomic E-state index is 0.163. The largest absolute Gasteiger partial charge is 0.313 e. The summed E-state index contributed by atoms with van der Waals surface area (Å²) in [5.41, 5.74) is 3.34. The van der Waals surface area contributed by atoms with Crippen molar-refractivity contribution in [3.05, 3.63) is 69.4 Å². The summed E-state index contributed by atoms with van der Waals surface area (Å²) in [5, 5.41) is 3.30. The first-order chi connectivity index (χ1) is 9.11. The number of rotatable bonds is 4. The lowest BCUT2D eigenvalue weighted by atomic mass is 9.96. The Balaban J connectivity index is 2.29. The lowest BCUT2D eigenvalue weighted by molar-refractivity contribution is 0.580. The van der Waals surface area contributed by atoms with Gasteiger partial charge in [0, 0.05) is 10.5 Å². The number of nitrogens with one attached hydrogen (secondary N) is 1. The molecular weight excluding hydrogens is 305 g/mol. The van der Waals surface area contributed by atoms with E-state index in [1.165, 1.54) is 11.6 Å². The lowest BCUT2D eigenvalue weighted by Crippen LogP contribution is -2.19. The van der Waals surface area contributed by atoms with Crippen molar-refractivity contribution < 1.29 is 4.39 Å². The second kappa shape index (κ2) is 6.31. The summed E-state index contributed by atoms with van der Waals surface area (Å²) in [4.78, 5) is 0. The minimum atomic E-state index is -0.178. The first kappa shape index (κ1) is 14.2. The van der Waals surface area contributed by atoms with E-state index in [0.29, 0.717) is 0 Å². The van der Waals surface area contributed by atoms with E-state index in [-0.39, 0.29) is 11.9 Å². The average molecular weight is 322 g/mol. The number of benzene rings is 2. The Morgan fingerprint density at radius 3 is 2.63 bits per heavy atom. The molecule has 0 aromatic heterocycles. The highest BCUT2D eigenvalue weighted by Gasteiger charge is 2.14. The highest BCUT2D eigenvalue weighted by molar-refractivity contribution is 9.10. The van der Waals surface area contributed by atoms with Crippen molar-refractivity contribution in [1.29, 1.82) is 0 Å². The fourth-order valence-electron chi connectivity index (χ4n) is 2.21. The Bertz CT molecular complexity index is 568. The third-order valence-electron chi connectivity index (χ3n) is 3.36. The highest BCUT2D eigenvalue weighted by atomic mass is 79.9. The lowest BCUT2D eigenvalue weighted by Gasteiger charge is -2.19. The van der Waals surface area contributed by atoms with E-state index in [1.807, 2.05) is 38.2 Å². The Morgan fingerprint density at radius 1 is 1.21 bits per heavy atom. The molecule has 0 spiro atoms. The van der Waals surface area contributed by atoms with Crippen LogP contribution in [0.4, 0.5) is 4.39 Å². The van der Waals surface area contributed by atoms with Crippen LogP contribution >= 0.6 is 15.9 Å². The summed E-state index contributed by atoms with van der Waals surface area (Å²) in [6.45, 7) is 2.02. The molecule has 19 heavy (non-hydrogen) atoms. The number of hydrogen-bond donors (Lipinski definition) is 1. The summed E-state index contributed by atoms with van der Waals surface area (Å²) in [5.74, 6) is -0.178. The van der Waals surface area contributed by atoms with Gasteiger partial charge in [0.05, 0.1) is 0 Å². The first-order valence-corrected chi connectivity index (χ1v) is 7.08. The summed E-state index contributed by atoms with van der Waals surface area (Å²) >= 11 is 3.57. The van der Waals surface area contributed by atoms with Gasteiger partial charge in [-0.05, 0) is 55.3 Å². The maximum Gasteiger partial charge on any atom is 0.123 e. The second-order valence-electron chi connectivity index (χ2n) is 4.64. The summed E-state index contributed by atoms with van der Waals surface area (Å²) in [7, 11) is 1.93. The molecule has 0 saturated heterocycles. The second-order valence-corrected chi connectivity index (χ2v) is 5.49. The Labute approximate surface area is 122 Å². The van der Waals surface area contributed by atoms with Crippen molar-refractivity contribution in [1.82, 2.24) is 5.32 Å². The zero-order chi connectivity index (χ0) is 13.8. The molecule has 1 unspecified atom stereocenters. The molecule has 1 nitrogen and oxygen atoms in total. The molecule has 0 heterocycles. The monoisotopic (exact) mass is 321 g/mol. The zero-order valence-electron chi connectivity index (χ0n) is 11.1. The minimum Gasteiger partial charge on any atom is -0.313 e. The van der Waals surface area contributed by atoms with Gasteiger partial charge in [0.25, 0.3) is 0 Å². The number of aryl methyl sites for hydroxylation is 1. The van der Waals surface area contributed by atoms with Crippen LogP contribution in [0.3, 0.4) is 0 Å². The molecular formula is C16H17BrFN. The van der Waals surface area contributed by atoms with Crippen LogP contribution in [0, 0.1) is 12.7 Å². The van der Waals surface area contributed by atoms with E-state index < -0.39 is 0 Å². The maximum atomic E-state index is 13.4. The van der Waals surface area contributed by atoms with Crippen molar-refractivity contribution in [3.63, 3.8) is 0 Å². The molecule has 1 atom stereocenters. The Kier molecular flexibility index (Phi) is 4.72. The van der Waals surface area contributed by atoms with Crippen LogP contribution in [0.1, 0.15) is 22.7 Å². The van der Waals surface area contributed by atoms with Gasteiger partial charge in [0.1, 0.15) is 5.82 Å². The van der Waals surface area contributed by atoms with Gasteiger partial charge in [0.2, 0.25) is 0 Å². The van der Waals surface area contributed by atoms with Gasteiger partial charge in [-0.1, -0.05) is 40.2 Å². The average Bonchev–Trinajstić information content (AvgIpc) is 2.41. The van der Waals surface area contributed by atoms with Crippen molar-refractivity contribution in [2.45, 2.75) is 19.4 Å². The molecule has 0 fully saturated rings. The van der Waals surface area contributed by atoms with Crippen LogP contribution in [0.5, 0.6) is 0 Å². The van der Waals surface area contributed by atoms with E-state index in [1.54, 1.807) is 6.07 Å². The molecule has 0 aliphatic rings. The van der Waals surface area contributed by atoms with Crippen LogP contribution < -0.4 is 5.32 Å². The first-order valence-electron chi connectivity index (χ1n) is 6.28. The summed E-state index contributed by atoms with van der Waals surface area (Å²) in [6.07, 6.45) is 0.767. The standard InChI is InChI=1S/C16H17BrFN/c1-11-7-8-13(18)9-12(11)10-16(19-2)14-5-3-4-6-15(14)17/h3-9,16,19H,10H2,1-2H3. The molecule has 100 valence electrons. The van der Waals surface area contributed by atoms with Gasteiger partial charge in [-0.25, -0.2) is 4.39 Å². The van der Waals surface area contributed by atoms with E-state index >= 15 is 0 Å². The van der Waals surface area contributed by atoms with Gasteiger partial charge in [0.15, 0.2) is 0 Å².